The van der Waals surface area contributed by atoms with Crippen molar-refractivity contribution in [1.82, 2.24) is 0 Å². The van der Waals surface area contributed by atoms with Crippen LogP contribution in [0.2, 0.25) is 0 Å². The van der Waals surface area contributed by atoms with Crippen LogP contribution in [0.3, 0.4) is 0 Å². The Morgan fingerprint density at radius 2 is 1.60 bits per heavy atom. The van der Waals surface area contributed by atoms with E-state index in [1.807, 2.05) is 0 Å². The Balaban J connectivity index is 2.26. The van der Waals surface area contributed by atoms with Crippen LogP contribution in [-0.4, -0.2) is 11.2 Å². The van der Waals surface area contributed by atoms with E-state index in [0.29, 0.717) is 0 Å². The van der Waals surface area contributed by atoms with Crippen molar-refractivity contribution >= 4 is 0 Å². The molecule has 1 heteroatoms. The van der Waals surface area contributed by atoms with Gasteiger partial charge in [0.05, 0.1) is 6.10 Å². The van der Waals surface area contributed by atoms with Gasteiger partial charge in [0, 0.05) is 0 Å². The second kappa shape index (κ2) is 3.38. The van der Waals surface area contributed by atoms with Gasteiger partial charge in [0.1, 0.15) is 0 Å². The van der Waals surface area contributed by atoms with Crippen LogP contribution < -0.4 is 0 Å². The summed E-state index contributed by atoms with van der Waals surface area (Å²) in [5.41, 5.74) is 0. The van der Waals surface area contributed by atoms with Crippen molar-refractivity contribution in [3.63, 3.8) is 0 Å². The van der Waals surface area contributed by atoms with Gasteiger partial charge in [-0.3, -0.25) is 0 Å². The molecule has 1 saturated carbocycles. The van der Waals surface area contributed by atoms with Gasteiger partial charge in [-0.2, -0.15) is 0 Å². The van der Waals surface area contributed by atoms with Crippen molar-refractivity contribution in [3.05, 3.63) is 5.92 Å². The SMILES string of the molecule is C[C](C)C1CCC(O)CC1. The Bertz CT molecular complexity index is 90.9. The summed E-state index contributed by atoms with van der Waals surface area (Å²) < 4.78 is 0. The summed E-state index contributed by atoms with van der Waals surface area (Å²) >= 11 is 0. The van der Waals surface area contributed by atoms with Crippen LogP contribution in [0.15, 0.2) is 0 Å². The lowest BCUT2D eigenvalue weighted by molar-refractivity contribution is 0.112. The van der Waals surface area contributed by atoms with E-state index >= 15 is 0 Å². The second-order valence-corrected chi connectivity index (χ2v) is 3.58. The minimum absolute atomic E-state index is 0.00407. The molecule has 0 heterocycles. The van der Waals surface area contributed by atoms with Crippen molar-refractivity contribution in [1.29, 1.82) is 0 Å². The minimum Gasteiger partial charge on any atom is -0.393 e. The Labute approximate surface area is 63.4 Å². The molecular weight excluding hydrogens is 124 g/mol. The van der Waals surface area contributed by atoms with Gasteiger partial charge >= 0.3 is 0 Å². The maximum absolute atomic E-state index is 9.20. The summed E-state index contributed by atoms with van der Waals surface area (Å²) in [4.78, 5) is 0. The molecule has 0 bridgehead atoms. The number of aliphatic hydroxyl groups excluding tert-OH is 1. The highest BCUT2D eigenvalue weighted by Crippen LogP contribution is 2.30. The van der Waals surface area contributed by atoms with E-state index in [2.05, 4.69) is 13.8 Å². The van der Waals surface area contributed by atoms with E-state index in [0.717, 1.165) is 18.8 Å². The highest BCUT2D eigenvalue weighted by molar-refractivity contribution is 4.89. The van der Waals surface area contributed by atoms with Gasteiger partial charge in [-0.25, -0.2) is 0 Å². The molecule has 59 valence electrons. The largest absolute Gasteiger partial charge is 0.393 e. The first-order valence-electron chi connectivity index (χ1n) is 4.18. The Hall–Kier alpha value is -0.0400. The molecule has 1 nitrogen and oxygen atoms in total. The van der Waals surface area contributed by atoms with Gasteiger partial charge in [-0.05, 0) is 37.5 Å². The number of aliphatic hydroxyl groups is 1. The standard InChI is InChI=1S/C9H17O/c1-7(2)8-3-5-9(10)6-4-8/h8-10H,3-6H2,1-2H3. The molecule has 0 saturated heterocycles. The summed E-state index contributed by atoms with van der Waals surface area (Å²) in [6, 6.07) is 0. The molecule has 0 aromatic heterocycles. The third-order valence-electron chi connectivity index (χ3n) is 2.51. The summed E-state index contributed by atoms with van der Waals surface area (Å²) in [7, 11) is 0. The first-order chi connectivity index (χ1) is 4.70. The van der Waals surface area contributed by atoms with E-state index < -0.39 is 0 Å². The number of hydrogen-bond donors (Lipinski definition) is 1. The van der Waals surface area contributed by atoms with Crippen LogP contribution in [0.25, 0.3) is 0 Å². The van der Waals surface area contributed by atoms with E-state index in [1.165, 1.54) is 18.8 Å². The summed E-state index contributed by atoms with van der Waals surface area (Å²) in [6.45, 7) is 4.39. The van der Waals surface area contributed by atoms with Gasteiger partial charge in [0.25, 0.3) is 0 Å². The van der Waals surface area contributed by atoms with Crippen molar-refractivity contribution < 1.29 is 5.11 Å². The molecule has 1 fully saturated rings. The maximum atomic E-state index is 9.20. The number of hydrogen-bond acceptors (Lipinski definition) is 1. The second-order valence-electron chi connectivity index (χ2n) is 3.58. The normalized spacial score (nSPS) is 34.8. The van der Waals surface area contributed by atoms with Gasteiger partial charge in [-0.1, -0.05) is 13.8 Å². The van der Waals surface area contributed by atoms with E-state index in [9.17, 15) is 5.11 Å². The van der Waals surface area contributed by atoms with E-state index in [-0.39, 0.29) is 6.10 Å². The Kier molecular flexibility index (Phi) is 2.72. The average Bonchev–Trinajstić information content (AvgIpc) is 1.88. The minimum atomic E-state index is -0.00407. The molecule has 0 atom stereocenters. The molecule has 1 radical (unpaired) electrons. The van der Waals surface area contributed by atoms with Crippen LogP contribution in [0, 0.1) is 11.8 Å². The van der Waals surface area contributed by atoms with Gasteiger partial charge in [0.15, 0.2) is 0 Å². The summed E-state index contributed by atoms with van der Waals surface area (Å²) in [5.74, 6) is 2.33. The number of rotatable bonds is 1. The molecule has 0 amide bonds. The molecule has 1 aliphatic carbocycles. The summed E-state index contributed by atoms with van der Waals surface area (Å²) in [5, 5.41) is 9.20. The first kappa shape index (κ1) is 8.06. The molecule has 1 N–H and O–H groups in total. The Morgan fingerprint density at radius 1 is 1.10 bits per heavy atom. The molecule has 0 aliphatic heterocycles. The van der Waals surface area contributed by atoms with Gasteiger partial charge < -0.3 is 5.11 Å². The first-order valence-corrected chi connectivity index (χ1v) is 4.18. The van der Waals surface area contributed by atoms with E-state index in [4.69, 9.17) is 0 Å². The van der Waals surface area contributed by atoms with Crippen LogP contribution >= 0.6 is 0 Å². The lowest BCUT2D eigenvalue weighted by atomic mass is 9.81. The molecule has 0 unspecified atom stereocenters. The smallest absolute Gasteiger partial charge is 0.0540 e. The van der Waals surface area contributed by atoms with Crippen molar-refractivity contribution in [3.8, 4) is 0 Å². The lowest BCUT2D eigenvalue weighted by Crippen LogP contribution is -2.20. The Morgan fingerprint density at radius 3 is 2.00 bits per heavy atom. The van der Waals surface area contributed by atoms with Crippen LogP contribution in [-0.2, 0) is 0 Å². The molecule has 0 aromatic carbocycles. The summed E-state index contributed by atoms with van der Waals surface area (Å²) in [6.07, 6.45) is 4.41. The molecular formula is C9H17O. The fourth-order valence-corrected chi connectivity index (χ4v) is 1.65. The fourth-order valence-electron chi connectivity index (χ4n) is 1.65. The van der Waals surface area contributed by atoms with Crippen molar-refractivity contribution in [2.45, 2.75) is 45.6 Å². The molecule has 0 aromatic rings. The predicted molar refractivity (Wildman–Crippen MR) is 42.6 cm³/mol. The third kappa shape index (κ3) is 1.98. The topological polar surface area (TPSA) is 20.2 Å². The van der Waals surface area contributed by atoms with Crippen LogP contribution in [0.4, 0.5) is 0 Å². The zero-order valence-electron chi connectivity index (χ0n) is 6.93. The molecule has 1 aliphatic rings. The lowest BCUT2D eigenvalue weighted by Gasteiger charge is -2.27. The monoisotopic (exact) mass is 141 g/mol. The van der Waals surface area contributed by atoms with Crippen LogP contribution in [0.1, 0.15) is 39.5 Å². The van der Waals surface area contributed by atoms with Crippen molar-refractivity contribution in [2.75, 3.05) is 0 Å². The van der Waals surface area contributed by atoms with E-state index in [1.54, 1.807) is 0 Å². The van der Waals surface area contributed by atoms with Crippen LogP contribution in [0.5, 0.6) is 0 Å². The zero-order valence-corrected chi connectivity index (χ0v) is 6.93. The average molecular weight is 141 g/mol. The van der Waals surface area contributed by atoms with Gasteiger partial charge in [-0.15, -0.1) is 0 Å². The maximum Gasteiger partial charge on any atom is 0.0540 e. The van der Waals surface area contributed by atoms with Gasteiger partial charge in [0.2, 0.25) is 0 Å². The third-order valence-corrected chi connectivity index (χ3v) is 2.51. The fraction of sp³-hybridized carbons (Fsp3) is 0.889. The zero-order chi connectivity index (χ0) is 7.56. The predicted octanol–water partition coefficient (Wildman–Crippen LogP) is 2.15. The molecule has 10 heavy (non-hydrogen) atoms. The molecule has 1 rings (SSSR count). The quantitative estimate of drug-likeness (QED) is 0.593. The van der Waals surface area contributed by atoms with Crippen molar-refractivity contribution in [2.24, 2.45) is 5.92 Å². The molecule has 0 spiro atoms. The highest BCUT2D eigenvalue weighted by Gasteiger charge is 2.21. The highest BCUT2D eigenvalue weighted by atomic mass is 16.3.